The van der Waals surface area contributed by atoms with Crippen LogP contribution in [0.5, 0.6) is 0 Å². The number of aliphatic hydroxyl groups excluding tert-OH is 1. The quantitative estimate of drug-likeness (QED) is 0.725. The third-order valence-corrected chi connectivity index (χ3v) is 3.45. The molecular weight excluding hydrogens is 350 g/mol. The predicted molar refractivity (Wildman–Crippen MR) is 98.3 cm³/mol. The highest BCUT2D eigenvalue weighted by atomic mass is 16.5. The number of hydrogen-bond acceptors (Lipinski definition) is 6. The van der Waals surface area contributed by atoms with Crippen molar-refractivity contribution in [3.8, 4) is 0 Å². The van der Waals surface area contributed by atoms with E-state index in [0.717, 1.165) is 0 Å². The predicted octanol–water partition coefficient (Wildman–Crippen LogP) is 2.54. The maximum absolute atomic E-state index is 11.9. The second-order valence-electron chi connectivity index (χ2n) is 6.01. The van der Waals surface area contributed by atoms with Gasteiger partial charge in [0.25, 0.3) is 5.91 Å². The summed E-state index contributed by atoms with van der Waals surface area (Å²) in [6, 6.07) is 12.4. The Labute approximate surface area is 156 Å². The Morgan fingerprint density at radius 1 is 0.926 bits per heavy atom. The average molecular weight is 371 g/mol. The van der Waals surface area contributed by atoms with Crippen LogP contribution in [-0.2, 0) is 20.9 Å². The van der Waals surface area contributed by atoms with E-state index in [1.54, 1.807) is 38.1 Å². The molecule has 2 rings (SSSR count). The van der Waals surface area contributed by atoms with Gasteiger partial charge in [0, 0.05) is 5.69 Å². The molecule has 0 saturated heterocycles. The summed E-state index contributed by atoms with van der Waals surface area (Å²) in [5.74, 6) is -1.58. The van der Waals surface area contributed by atoms with Gasteiger partial charge in [-0.25, -0.2) is 9.59 Å². The van der Waals surface area contributed by atoms with E-state index >= 15 is 0 Å². The van der Waals surface area contributed by atoms with Crippen LogP contribution in [0.2, 0.25) is 0 Å². The molecule has 2 aromatic carbocycles. The van der Waals surface area contributed by atoms with Crippen molar-refractivity contribution >= 4 is 23.5 Å². The summed E-state index contributed by atoms with van der Waals surface area (Å²) in [6.45, 7) is 2.95. The van der Waals surface area contributed by atoms with Gasteiger partial charge in [-0.15, -0.1) is 0 Å². The van der Waals surface area contributed by atoms with Gasteiger partial charge in [0.1, 0.15) is 0 Å². The van der Waals surface area contributed by atoms with E-state index in [1.165, 1.54) is 24.3 Å². The molecule has 0 aromatic heterocycles. The molecule has 0 unspecified atom stereocenters. The molecule has 0 aliphatic rings. The topological polar surface area (TPSA) is 102 Å². The van der Waals surface area contributed by atoms with E-state index in [1.807, 2.05) is 0 Å². The standard InChI is InChI=1S/C20H21NO6/c1-13(2)27-20(25)16-7-9-17(10-8-16)21-18(23)12-26-19(24)15-5-3-14(11-22)4-6-15/h3-10,13,22H,11-12H2,1-2H3,(H,21,23). The first-order valence-corrected chi connectivity index (χ1v) is 8.37. The van der Waals surface area contributed by atoms with Crippen LogP contribution in [0.25, 0.3) is 0 Å². The van der Waals surface area contributed by atoms with Gasteiger partial charge < -0.3 is 19.9 Å². The number of aliphatic hydroxyl groups is 1. The van der Waals surface area contributed by atoms with Crippen LogP contribution in [-0.4, -0.2) is 35.7 Å². The zero-order chi connectivity index (χ0) is 19.8. The fraction of sp³-hybridized carbons (Fsp3) is 0.250. The molecule has 2 aromatic rings. The van der Waals surface area contributed by atoms with E-state index in [0.29, 0.717) is 16.8 Å². The molecule has 27 heavy (non-hydrogen) atoms. The lowest BCUT2D eigenvalue weighted by atomic mass is 10.1. The maximum Gasteiger partial charge on any atom is 0.338 e. The van der Waals surface area contributed by atoms with Gasteiger partial charge in [0.05, 0.1) is 23.8 Å². The second-order valence-corrected chi connectivity index (χ2v) is 6.01. The first-order chi connectivity index (χ1) is 12.9. The number of rotatable bonds is 7. The van der Waals surface area contributed by atoms with Crippen molar-refractivity contribution in [2.24, 2.45) is 0 Å². The maximum atomic E-state index is 11.9. The minimum Gasteiger partial charge on any atom is -0.459 e. The van der Waals surface area contributed by atoms with Crippen LogP contribution < -0.4 is 5.32 Å². The van der Waals surface area contributed by atoms with Crippen LogP contribution in [0, 0.1) is 0 Å². The van der Waals surface area contributed by atoms with Gasteiger partial charge in [-0.3, -0.25) is 4.79 Å². The Kier molecular flexibility index (Phi) is 7.08. The van der Waals surface area contributed by atoms with Crippen LogP contribution in [0.1, 0.15) is 40.1 Å². The Bertz CT molecular complexity index is 796. The first kappa shape index (κ1) is 20.1. The number of nitrogens with one attached hydrogen (secondary N) is 1. The monoisotopic (exact) mass is 371 g/mol. The summed E-state index contributed by atoms with van der Waals surface area (Å²) in [7, 11) is 0. The number of anilines is 1. The Balaban J connectivity index is 1.84. The molecule has 0 bridgehead atoms. The number of hydrogen-bond donors (Lipinski definition) is 2. The van der Waals surface area contributed by atoms with Gasteiger partial charge in [0.2, 0.25) is 0 Å². The van der Waals surface area contributed by atoms with Gasteiger partial charge in [-0.2, -0.15) is 0 Å². The average Bonchev–Trinajstić information content (AvgIpc) is 2.66. The lowest BCUT2D eigenvalue weighted by Gasteiger charge is -2.09. The molecule has 2 N–H and O–H groups in total. The fourth-order valence-corrected chi connectivity index (χ4v) is 2.13. The molecule has 0 saturated carbocycles. The zero-order valence-electron chi connectivity index (χ0n) is 15.1. The fourth-order valence-electron chi connectivity index (χ4n) is 2.13. The summed E-state index contributed by atoms with van der Waals surface area (Å²) in [5, 5.41) is 11.5. The molecule has 0 radical (unpaired) electrons. The number of esters is 2. The highest BCUT2D eigenvalue weighted by molar-refractivity contribution is 5.96. The second kappa shape index (κ2) is 9.49. The summed E-state index contributed by atoms with van der Waals surface area (Å²) in [5.41, 5.74) is 1.79. The van der Waals surface area contributed by atoms with Crippen molar-refractivity contribution in [1.29, 1.82) is 0 Å². The van der Waals surface area contributed by atoms with Crippen molar-refractivity contribution in [2.45, 2.75) is 26.6 Å². The van der Waals surface area contributed by atoms with Gasteiger partial charge in [-0.05, 0) is 55.8 Å². The number of carbonyl (C=O) groups is 3. The highest BCUT2D eigenvalue weighted by Crippen LogP contribution is 2.12. The highest BCUT2D eigenvalue weighted by Gasteiger charge is 2.12. The van der Waals surface area contributed by atoms with E-state index in [4.69, 9.17) is 14.6 Å². The lowest BCUT2D eigenvalue weighted by Crippen LogP contribution is -2.21. The van der Waals surface area contributed by atoms with Crippen molar-refractivity contribution in [1.82, 2.24) is 0 Å². The SMILES string of the molecule is CC(C)OC(=O)c1ccc(NC(=O)COC(=O)c2ccc(CO)cc2)cc1. The van der Waals surface area contributed by atoms with E-state index in [9.17, 15) is 14.4 Å². The van der Waals surface area contributed by atoms with Gasteiger partial charge >= 0.3 is 11.9 Å². The Morgan fingerprint density at radius 3 is 2.04 bits per heavy atom. The van der Waals surface area contributed by atoms with Crippen LogP contribution >= 0.6 is 0 Å². The summed E-state index contributed by atoms with van der Waals surface area (Å²) in [4.78, 5) is 35.6. The van der Waals surface area contributed by atoms with E-state index in [-0.39, 0.29) is 18.3 Å². The molecule has 0 heterocycles. The van der Waals surface area contributed by atoms with Crippen molar-refractivity contribution in [3.63, 3.8) is 0 Å². The van der Waals surface area contributed by atoms with E-state index in [2.05, 4.69) is 5.32 Å². The Hall–Kier alpha value is -3.19. The summed E-state index contributed by atoms with van der Waals surface area (Å²) in [6.07, 6.45) is -0.216. The smallest absolute Gasteiger partial charge is 0.338 e. The molecule has 0 fully saturated rings. The van der Waals surface area contributed by atoms with Crippen molar-refractivity contribution in [2.75, 3.05) is 11.9 Å². The molecule has 0 aliphatic carbocycles. The van der Waals surface area contributed by atoms with Crippen LogP contribution in [0.15, 0.2) is 48.5 Å². The Morgan fingerprint density at radius 2 is 1.48 bits per heavy atom. The molecular formula is C20H21NO6. The molecule has 0 aliphatic heterocycles. The van der Waals surface area contributed by atoms with Gasteiger partial charge in [-0.1, -0.05) is 12.1 Å². The van der Waals surface area contributed by atoms with Crippen molar-refractivity contribution in [3.05, 3.63) is 65.2 Å². The summed E-state index contributed by atoms with van der Waals surface area (Å²) < 4.78 is 10.0. The first-order valence-electron chi connectivity index (χ1n) is 8.37. The third-order valence-electron chi connectivity index (χ3n) is 3.45. The molecule has 7 nitrogen and oxygen atoms in total. The van der Waals surface area contributed by atoms with Crippen LogP contribution in [0.4, 0.5) is 5.69 Å². The molecule has 0 atom stereocenters. The van der Waals surface area contributed by atoms with Crippen LogP contribution in [0.3, 0.4) is 0 Å². The normalized spacial score (nSPS) is 10.4. The molecule has 1 amide bonds. The number of ether oxygens (including phenoxy) is 2. The van der Waals surface area contributed by atoms with Crippen molar-refractivity contribution < 1.29 is 29.0 Å². The molecule has 7 heteroatoms. The lowest BCUT2D eigenvalue weighted by molar-refractivity contribution is -0.119. The number of amides is 1. The molecule has 142 valence electrons. The minimum absolute atomic E-state index is 0.119. The zero-order valence-corrected chi connectivity index (χ0v) is 15.1. The van der Waals surface area contributed by atoms with E-state index < -0.39 is 24.5 Å². The number of carbonyl (C=O) groups excluding carboxylic acids is 3. The minimum atomic E-state index is -0.638. The summed E-state index contributed by atoms with van der Waals surface area (Å²) >= 11 is 0. The van der Waals surface area contributed by atoms with Gasteiger partial charge in [0.15, 0.2) is 6.61 Å². The largest absolute Gasteiger partial charge is 0.459 e. The third kappa shape index (κ3) is 6.23. The molecule has 0 spiro atoms. The number of benzene rings is 2.